The topological polar surface area (TPSA) is 74.8 Å². The summed E-state index contributed by atoms with van der Waals surface area (Å²) in [6, 6.07) is 10.2. The summed E-state index contributed by atoms with van der Waals surface area (Å²) in [4.78, 5) is 16.2. The van der Waals surface area contributed by atoms with Crippen LogP contribution in [0.3, 0.4) is 0 Å². The van der Waals surface area contributed by atoms with Gasteiger partial charge in [0.1, 0.15) is 6.54 Å². The summed E-state index contributed by atoms with van der Waals surface area (Å²) in [7, 11) is 0. The van der Waals surface area contributed by atoms with Crippen LogP contribution in [0.2, 0.25) is 0 Å². The summed E-state index contributed by atoms with van der Waals surface area (Å²) in [5, 5.41) is 9.31. The number of carbonyl (C=O) groups excluding carboxylic acids is 1. The number of benzene rings is 1. The Balaban J connectivity index is 2.18. The first-order valence-electron chi connectivity index (χ1n) is 9.35. The summed E-state index contributed by atoms with van der Waals surface area (Å²) in [6.45, 7) is 10.9. The van der Waals surface area contributed by atoms with E-state index in [2.05, 4.69) is 33.1 Å². The molecule has 1 rings (SSSR count). The summed E-state index contributed by atoms with van der Waals surface area (Å²) in [5.74, 6) is 0.589. The van der Waals surface area contributed by atoms with Gasteiger partial charge in [-0.05, 0) is 46.1 Å². The molecule has 0 bridgehead atoms. The first-order chi connectivity index (χ1) is 12.4. The number of nitrogens with one attached hydrogen (secondary N) is 3. The third-order valence-corrected chi connectivity index (χ3v) is 3.36. The predicted octanol–water partition coefficient (Wildman–Crippen LogP) is 2.45. The molecule has 0 saturated heterocycles. The van der Waals surface area contributed by atoms with Crippen LogP contribution in [-0.4, -0.2) is 43.6 Å². The number of aliphatic imine (C=N–C) groups is 1. The molecule has 0 aliphatic heterocycles. The number of hydrogen-bond donors (Lipinski definition) is 3. The Kier molecular flexibility index (Phi) is 10.4. The van der Waals surface area contributed by atoms with Gasteiger partial charge in [-0.3, -0.25) is 4.79 Å². The van der Waals surface area contributed by atoms with Crippen molar-refractivity contribution in [2.45, 2.75) is 52.7 Å². The Bertz CT molecular complexity index is 538. The van der Waals surface area contributed by atoms with Crippen LogP contribution in [0.15, 0.2) is 35.3 Å². The fraction of sp³-hybridized carbons (Fsp3) is 0.600. The first-order valence-corrected chi connectivity index (χ1v) is 9.35. The number of unbranched alkanes of at least 4 members (excludes halogenated alkanes) is 1. The molecule has 0 aliphatic carbocycles. The van der Waals surface area contributed by atoms with E-state index in [1.165, 1.54) is 5.56 Å². The van der Waals surface area contributed by atoms with Crippen molar-refractivity contribution >= 4 is 11.9 Å². The van der Waals surface area contributed by atoms with Gasteiger partial charge in [0, 0.05) is 25.2 Å². The molecule has 0 saturated carbocycles. The maximum absolute atomic E-state index is 11.8. The minimum atomic E-state index is -0.238. The fourth-order valence-electron chi connectivity index (χ4n) is 2.25. The standard InChI is InChI=1S/C20H34N4O2/c1-5-21-19(23-15-18(25)24-20(2,3)4)22-13-9-10-14-26-16-17-11-7-6-8-12-17/h6-8,11-12H,5,9-10,13-16H2,1-4H3,(H,24,25)(H2,21,22,23). The zero-order valence-electron chi connectivity index (χ0n) is 16.6. The Hall–Kier alpha value is -2.08. The second kappa shape index (κ2) is 12.3. The molecule has 0 heterocycles. The van der Waals surface area contributed by atoms with Crippen molar-refractivity contribution in [2.75, 3.05) is 26.2 Å². The van der Waals surface area contributed by atoms with Crippen molar-refractivity contribution in [1.29, 1.82) is 0 Å². The van der Waals surface area contributed by atoms with E-state index in [0.29, 0.717) is 12.6 Å². The maximum atomic E-state index is 11.8. The van der Waals surface area contributed by atoms with Crippen LogP contribution in [0.1, 0.15) is 46.1 Å². The van der Waals surface area contributed by atoms with E-state index in [1.54, 1.807) is 0 Å². The summed E-state index contributed by atoms with van der Waals surface area (Å²) in [5.41, 5.74) is 0.957. The van der Waals surface area contributed by atoms with E-state index in [9.17, 15) is 4.79 Å². The van der Waals surface area contributed by atoms with Gasteiger partial charge in [0.15, 0.2) is 5.96 Å². The molecule has 6 nitrogen and oxygen atoms in total. The zero-order valence-corrected chi connectivity index (χ0v) is 16.6. The summed E-state index contributed by atoms with van der Waals surface area (Å²) >= 11 is 0. The molecule has 0 fully saturated rings. The second-order valence-electron chi connectivity index (χ2n) is 7.17. The highest BCUT2D eigenvalue weighted by molar-refractivity contribution is 5.85. The molecule has 0 unspecified atom stereocenters. The van der Waals surface area contributed by atoms with Gasteiger partial charge in [-0.25, -0.2) is 4.99 Å². The van der Waals surface area contributed by atoms with Gasteiger partial charge in [0.2, 0.25) is 5.91 Å². The highest BCUT2D eigenvalue weighted by atomic mass is 16.5. The molecule has 146 valence electrons. The van der Waals surface area contributed by atoms with Crippen LogP contribution >= 0.6 is 0 Å². The van der Waals surface area contributed by atoms with Crippen molar-refractivity contribution < 1.29 is 9.53 Å². The van der Waals surface area contributed by atoms with Gasteiger partial charge in [-0.15, -0.1) is 0 Å². The highest BCUT2D eigenvalue weighted by Gasteiger charge is 2.13. The molecule has 6 heteroatoms. The van der Waals surface area contributed by atoms with Crippen LogP contribution in [0.5, 0.6) is 0 Å². The Labute approximate surface area is 157 Å². The molecule has 26 heavy (non-hydrogen) atoms. The molecule has 1 aromatic carbocycles. The maximum Gasteiger partial charge on any atom is 0.242 e. The van der Waals surface area contributed by atoms with Gasteiger partial charge in [0.25, 0.3) is 0 Å². The highest BCUT2D eigenvalue weighted by Crippen LogP contribution is 2.01. The number of hydrogen-bond acceptors (Lipinski definition) is 3. The van der Waals surface area contributed by atoms with Crippen LogP contribution in [-0.2, 0) is 16.1 Å². The lowest BCUT2D eigenvalue weighted by molar-refractivity contribution is -0.121. The van der Waals surface area contributed by atoms with E-state index < -0.39 is 0 Å². The minimum absolute atomic E-state index is 0.0796. The number of carbonyl (C=O) groups is 1. The Morgan fingerprint density at radius 3 is 2.50 bits per heavy atom. The lowest BCUT2D eigenvalue weighted by Crippen LogP contribution is -2.43. The molecule has 3 N–H and O–H groups in total. The van der Waals surface area contributed by atoms with Gasteiger partial charge in [-0.2, -0.15) is 0 Å². The average Bonchev–Trinajstić information content (AvgIpc) is 2.58. The molecule has 1 amide bonds. The number of amides is 1. The molecule has 0 atom stereocenters. The van der Waals surface area contributed by atoms with Crippen LogP contribution in [0, 0.1) is 0 Å². The average molecular weight is 363 g/mol. The molecule has 1 aromatic rings. The SMILES string of the molecule is CCNC(=NCC(=O)NC(C)(C)C)NCCCCOCc1ccccc1. The largest absolute Gasteiger partial charge is 0.377 e. The second-order valence-corrected chi connectivity index (χ2v) is 7.17. The van der Waals surface area contributed by atoms with Crippen molar-refractivity contribution in [2.24, 2.45) is 4.99 Å². The van der Waals surface area contributed by atoms with Crippen molar-refractivity contribution in [3.8, 4) is 0 Å². The van der Waals surface area contributed by atoms with E-state index in [0.717, 1.165) is 32.5 Å². The molecular formula is C20H34N4O2. The quantitative estimate of drug-likeness (QED) is 0.340. The van der Waals surface area contributed by atoms with Gasteiger partial charge >= 0.3 is 0 Å². The van der Waals surface area contributed by atoms with Crippen LogP contribution in [0.4, 0.5) is 0 Å². The molecule has 0 radical (unpaired) electrons. The van der Waals surface area contributed by atoms with Crippen molar-refractivity contribution in [1.82, 2.24) is 16.0 Å². The number of nitrogens with zero attached hydrogens (tertiary/aromatic N) is 1. The molecule has 0 aliphatic rings. The van der Waals surface area contributed by atoms with E-state index >= 15 is 0 Å². The summed E-state index contributed by atoms with van der Waals surface area (Å²) < 4.78 is 5.67. The molecular weight excluding hydrogens is 328 g/mol. The lowest BCUT2D eigenvalue weighted by atomic mass is 10.1. The minimum Gasteiger partial charge on any atom is -0.377 e. The third kappa shape index (κ3) is 11.5. The smallest absolute Gasteiger partial charge is 0.242 e. The van der Waals surface area contributed by atoms with E-state index in [4.69, 9.17) is 4.74 Å². The summed E-state index contributed by atoms with van der Waals surface area (Å²) in [6.07, 6.45) is 1.96. The van der Waals surface area contributed by atoms with Crippen LogP contribution in [0.25, 0.3) is 0 Å². The van der Waals surface area contributed by atoms with Crippen molar-refractivity contribution in [3.63, 3.8) is 0 Å². The molecule has 0 spiro atoms. The Morgan fingerprint density at radius 1 is 1.12 bits per heavy atom. The molecule has 0 aromatic heterocycles. The van der Waals surface area contributed by atoms with Gasteiger partial charge < -0.3 is 20.7 Å². The van der Waals surface area contributed by atoms with E-state index in [-0.39, 0.29) is 18.0 Å². The monoisotopic (exact) mass is 362 g/mol. The van der Waals surface area contributed by atoms with Crippen LogP contribution < -0.4 is 16.0 Å². The first kappa shape index (κ1) is 22.0. The van der Waals surface area contributed by atoms with Gasteiger partial charge in [-0.1, -0.05) is 30.3 Å². The predicted molar refractivity (Wildman–Crippen MR) is 107 cm³/mol. The Morgan fingerprint density at radius 2 is 1.85 bits per heavy atom. The van der Waals surface area contributed by atoms with Gasteiger partial charge in [0.05, 0.1) is 6.61 Å². The van der Waals surface area contributed by atoms with Crippen molar-refractivity contribution in [3.05, 3.63) is 35.9 Å². The normalized spacial score (nSPS) is 11.9. The lowest BCUT2D eigenvalue weighted by Gasteiger charge is -2.20. The van der Waals surface area contributed by atoms with E-state index in [1.807, 2.05) is 45.9 Å². The number of rotatable bonds is 10. The number of ether oxygens (including phenoxy) is 1. The fourth-order valence-corrected chi connectivity index (χ4v) is 2.25. The number of guanidine groups is 1. The zero-order chi connectivity index (χ0) is 19.3. The third-order valence-electron chi connectivity index (χ3n) is 3.36.